The number of aromatic nitrogens is 2. The predicted octanol–water partition coefficient (Wildman–Crippen LogP) is 3.06. The summed E-state index contributed by atoms with van der Waals surface area (Å²) in [6.45, 7) is 0. The average molecular weight is 353 g/mol. The van der Waals surface area contributed by atoms with Gasteiger partial charge in [0.2, 0.25) is 5.88 Å². The van der Waals surface area contributed by atoms with Crippen LogP contribution in [0.4, 0.5) is 10.5 Å². The summed E-state index contributed by atoms with van der Waals surface area (Å²) in [4.78, 5) is 16.4. The Morgan fingerprint density at radius 2 is 1.90 bits per heavy atom. The molecule has 0 aliphatic rings. The fourth-order valence-corrected chi connectivity index (χ4v) is 1.58. The largest absolute Gasteiger partial charge is 0.438 e. The van der Waals surface area contributed by atoms with Gasteiger partial charge in [-0.25, -0.2) is 9.86 Å². The Balaban J connectivity index is 1.98. The maximum Gasteiger partial charge on any atom is 0.345 e. The molecule has 1 aromatic heterocycles. The van der Waals surface area contributed by atoms with Crippen LogP contribution in [0, 0.1) is 0 Å². The van der Waals surface area contributed by atoms with Crippen LogP contribution < -0.4 is 10.1 Å². The number of benzene rings is 1. The highest BCUT2D eigenvalue weighted by molar-refractivity contribution is 9.10. The zero-order chi connectivity index (χ0) is 15.2. The second-order valence-electron chi connectivity index (χ2n) is 3.93. The van der Waals surface area contributed by atoms with Gasteiger partial charge in [-0.2, -0.15) is 0 Å². The summed E-state index contributed by atoms with van der Waals surface area (Å²) < 4.78 is 6.15. The average Bonchev–Trinajstić information content (AvgIpc) is 2.50. The van der Waals surface area contributed by atoms with Crippen LogP contribution in [0.15, 0.2) is 41.0 Å². The summed E-state index contributed by atoms with van der Waals surface area (Å²) in [6.07, 6.45) is 0. The Morgan fingerprint density at radius 1 is 1.19 bits per heavy atom. The molecule has 0 atom stereocenters. The highest BCUT2D eigenvalue weighted by atomic mass is 79.9. The van der Waals surface area contributed by atoms with Gasteiger partial charge in [-0.05, 0) is 46.3 Å². The smallest absolute Gasteiger partial charge is 0.345 e. The second-order valence-corrected chi connectivity index (χ2v) is 4.74. The molecule has 0 unspecified atom stereocenters. The van der Waals surface area contributed by atoms with Crippen LogP contribution in [-0.2, 0) is 4.84 Å². The number of nitrogens with one attached hydrogen (secondary N) is 1. The number of hydroxylamine groups is 2. The first-order valence-corrected chi connectivity index (χ1v) is 6.74. The lowest BCUT2D eigenvalue weighted by Gasteiger charge is -2.14. The molecular weight excluding hydrogens is 340 g/mol. The third-order valence-corrected chi connectivity index (χ3v) is 2.92. The van der Waals surface area contributed by atoms with Crippen molar-refractivity contribution in [3.8, 4) is 11.6 Å². The molecule has 1 heterocycles. The minimum atomic E-state index is -0.370. The molecular formula is C13H13BrN4O3. The van der Waals surface area contributed by atoms with Crippen LogP contribution in [0.2, 0.25) is 0 Å². The topological polar surface area (TPSA) is 76.6 Å². The molecule has 110 valence electrons. The summed E-state index contributed by atoms with van der Waals surface area (Å²) in [5.74, 6) is 0.971. The van der Waals surface area contributed by atoms with E-state index in [-0.39, 0.29) is 6.03 Å². The highest BCUT2D eigenvalue weighted by Crippen LogP contribution is 2.21. The molecule has 0 aliphatic heterocycles. The van der Waals surface area contributed by atoms with E-state index in [1.54, 1.807) is 36.4 Å². The van der Waals surface area contributed by atoms with E-state index >= 15 is 0 Å². The number of amides is 2. The normalized spacial score (nSPS) is 10.0. The molecule has 1 aromatic carbocycles. The lowest BCUT2D eigenvalue weighted by molar-refractivity contribution is -0.0598. The van der Waals surface area contributed by atoms with Gasteiger partial charge in [0.15, 0.2) is 0 Å². The van der Waals surface area contributed by atoms with Gasteiger partial charge >= 0.3 is 6.03 Å². The Kier molecular flexibility index (Phi) is 5.07. The van der Waals surface area contributed by atoms with E-state index in [0.29, 0.717) is 21.9 Å². The molecule has 21 heavy (non-hydrogen) atoms. The first-order valence-electron chi connectivity index (χ1n) is 5.94. The monoisotopic (exact) mass is 352 g/mol. The Morgan fingerprint density at radius 3 is 2.48 bits per heavy atom. The number of ether oxygens (including phenoxy) is 1. The molecule has 2 rings (SSSR count). The standard InChI is InChI=1S/C13H13BrN4O3/c1-18(20-2)13(19)15-9-3-5-10(6-4-9)21-12-8-7-11(14)16-17-12/h3-8H,1-2H3,(H,15,19). The molecule has 1 N–H and O–H groups in total. The van der Waals surface area contributed by atoms with Crippen LogP contribution >= 0.6 is 15.9 Å². The maximum atomic E-state index is 11.6. The summed E-state index contributed by atoms with van der Waals surface area (Å²) in [7, 11) is 2.93. The van der Waals surface area contributed by atoms with Crippen molar-refractivity contribution in [3.63, 3.8) is 0 Å². The van der Waals surface area contributed by atoms with Crippen molar-refractivity contribution in [2.24, 2.45) is 0 Å². The number of hydrogen-bond acceptors (Lipinski definition) is 5. The highest BCUT2D eigenvalue weighted by Gasteiger charge is 2.07. The van der Waals surface area contributed by atoms with Crippen molar-refractivity contribution < 1.29 is 14.4 Å². The number of halogens is 1. The third-order valence-electron chi connectivity index (χ3n) is 2.50. The second kappa shape index (κ2) is 7.00. The molecule has 0 saturated heterocycles. The molecule has 0 saturated carbocycles. The van der Waals surface area contributed by atoms with Crippen molar-refractivity contribution in [2.45, 2.75) is 0 Å². The molecule has 7 nitrogen and oxygen atoms in total. The molecule has 2 aromatic rings. The number of nitrogens with zero attached hydrogens (tertiary/aromatic N) is 3. The van der Waals surface area contributed by atoms with Crippen molar-refractivity contribution in [2.75, 3.05) is 19.5 Å². The fourth-order valence-electron chi connectivity index (χ4n) is 1.37. The zero-order valence-corrected chi connectivity index (χ0v) is 13.0. The summed E-state index contributed by atoms with van der Waals surface area (Å²) >= 11 is 3.20. The van der Waals surface area contributed by atoms with Gasteiger partial charge < -0.3 is 10.1 Å². The Hall–Kier alpha value is -2.19. The number of carbonyl (C=O) groups excluding carboxylic acids is 1. The van der Waals surface area contributed by atoms with E-state index in [0.717, 1.165) is 5.06 Å². The van der Waals surface area contributed by atoms with E-state index < -0.39 is 0 Å². The zero-order valence-electron chi connectivity index (χ0n) is 11.4. The van der Waals surface area contributed by atoms with E-state index in [1.807, 2.05) is 0 Å². The molecule has 0 spiro atoms. The van der Waals surface area contributed by atoms with Gasteiger partial charge in [0.25, 0.3) is 0 Å². The van der Waals surface area contributed by atoms with Crippen molar-refractivity contribution in [1.29, 1.82) is 0 Å². The number of carbonyl (C=O) groups is 1. The molecule has 0 radical (unpaired) electrons. The summed E-state index contributed by atoms with van der Waals surface area (Å²) in [5, 5.41) is 11.4. The maximum absolute atomic E-state index is 11.6. The molecule has 8 heteroatoms. The quantitative estimate of drug-likeness (QED) is 0.855. The summed E-state index contributed by atoms with van der Waals surface area (Å²) in [6, 6.07) is 9.91. The first kappa shape index (κ1) is 15.2. The van der Waals surface area contributed by atoms with Crippen LogP contribution in [0.1, 0.15) is 0 Å². The molecule has 0 aliphatic carbocycles. The first-order chi connectivity index (χ1) is 10.1. The fraction of sp³-hybridized carbons (Fsp3) is 0.154. The van der Waals surface area contributed by atoms with Crippen LogP contribution in [-0.4, -0.2) is 35.4 Å². The van der Waals surface area contributed by atoms with E-state index in [9.17, 15) is 4.79 Å². The minimum Gasteiger partial charge on any atom is -0.438 e. The Labute approximate surface area is 130 Å². The van der Waals surface area contributed by atoms with Gasteiger partial charge in [-0.15, -0.1) is 10.2 Å². The van der Waals surface area contributed by atoms with Crippen molar-refractivity contribution >= 4 is 27.6 Å². The lowest BCUT2D eigenvalue weighted by Crippen LogP contribution is -2.30. The SMILES string of the molecule is CON(C)C(=O)Nc1ccc(Oc2ccc(Br)nn2)cc1. The van der Waals surface area contributed by atoms with Gasteiger partial charge in [-0.3, -0.25) is 4.84 Å². The number of hydrogen-bond donors (Lipinski definition) is 1. The van der Waals surface area contributed by atoms with Crippen LogP contribution in [0.25, 0.3) is 0 Å². The number of urea groups is 1. The van der Waals surface area contributed by atoms with E-state index in [2.05, 4.69) is 31.4 Å². The predicted molar refractivity (Wildman–Crippen MR) is 80.0 cm³/mol. The number of rotatable bonds is 4. The van der Waals surface area contributed by atoms with Crippen LogP contribution in [0.5, 0.6) is 11.6 Å². The van der Waals surface area contributed by atoms with Gasteiger partial charge in [-0.1, -0.05) is 0 Å². The van der Waals surface area contributed by atoms with Crippen LogP contribution in [0.3, 0.4) is 0 Å². The lowest BCUT2D eigenvalue weighted by atomic mass is 10.3. The minimum absolute atomic E-state index is 0.370. The van der Waals surface area contributed by atoms with Crippen molar-refractivity contribution in [3.05, 3.63) is 41.0 Å². The van der Waals surface area contributed by atoms with Crippen molar-refractivity contribution in [1.82, 2.24) is 15.3 Å². The van der Waals surface area contributed by atoms with E-state index in [4.69, 9.17) is 9.57 Å². The van der Waals surface area contributed by atoms with E-state index in [1.165, 1.54) is 14.2 Å². The summed E-state index contributed by atoms with van der Waals surface area (Å²) in [5.41, 5.74) is 0.623. The third kappa shape index (κ3) is 4.40. The Bertz CT molecular complexity index is 604. The molecule has 0 fully saturated rings. The van der Waals surface area contributed by atoms with Gasteiger partial charge in [0.1, 0.15) is 10.4 Å². The molecule has 2 amide bonds. The van der Waals surface area contributed by atoms with Gasteiger partial charge in [0, 0.05) is 18.8 Å². The molecule has 0 bridgehead atoms. The number of anilines is 1. The van der Waals surface area contributed by atoms with Gasteiger partial charge in [0.05, 0.1) is 7.11 Å².